The van der Waals surface area contributed by atoms with Gasteiger partial charge < -0.3 is 0 Å². The fraction of sp³-hybridized carbons (Fsp3) is 0.0476. The van der Waals surface area contributed by atoms with Gasteiger partial charge in [0.05, 0.1) is 0 Å². The predicted octanol–water partition coefficient (Wildman–Crippen LogP) is 12.4. The Bertz CT molecular complexity index is 2230. The van der Waals surface area contributed by atoms with Gasteiger partial charge in [0.15, 0.2) is 0 Å². The normalized spacial score (nSPS) is 11.5. The molecule has 0 unspecified atom stereocenters. The molecule has 0 fully saturated rings. The minimum Gasteiger partial charge on any atom is -0.135 e. The van der Waals surface area contributed by atoms with Crippen molar-refractivity contribution in [2.75, 3.05) is 0 Å². The number of hydrogen-bond donors (Lipinski definition) is 0. The summed E-state index contributed by atoms with van der Waals surface area (Å²) < 4.78 is 2.70. The summed E-state index contributed by atoms with van der Waals surface area (Å²) in [6.07, 6.45) is 1.07. The molecule has 0 saturated heterocycles. The first kappa shape index (κ1) is 25.7. The topological polar surface area (TPSA) is 0 Å². The molecule has 0 atom stereocenters. The van der Waals surface area contributed by atoms with E-state index in [9.17, 15) is 0 Å². The molecule has 8 aromatic rings. The van der Waals surface area contributed by atoms with Gasteiger partial charge >= 0.3 is 0 Å². The number of fused-ring (bicyclic) bond motifs is 4. The Morgan fingerprint density at radius 1 is 0.419 bits per heavy atom. The molecule has 0 N–H and O–H groups in total. The minimum absolute atomic E-state index is 1.07. The van der Waals surface area contributed by atoms with Crippen LogP contribution in [0, 0.1) is 0 Å². The van der Waals surface area contributed by atoms with Gasteiger partial charge in [0.2, 0.25) is 0 Å². The molecule has 0 bridgehead atoms. The fourth-order valence-corrected chi connectivity index (χ4v) is 7.45. The molecular formula is C42H30S. The molecule has 1 aromatic heterocycles. The van der Waals surface area contributed by atoms with Crippen LogP contribution in [0.25, 0.3) is 75.5 Å². The summed E-state index contributed by atoms with van der Waals surface area (Å²) in [5.74, 6) is 0. The van der Waals surface area contributed by atoms with Gasteiger partial charge in [-0.25, -0.2) is 0 Å². The van der Waals surface area contributed by atoms with Crippen molar-refractivity contribution < 1.29 is 0 Å². The van der Waals surface area contributed by atoms with E-state index in [2.05, 4.69) is 159 Å². The molecule has 0 aliphatic heterocycles. The van der Waals surface area contributed by atoms with Crippen LogP contribution in [0.15, 0.2) is 152 Å². The van der Waals surface area contributed by atoms with E-state index in [4.69, 9.17) is 0 Å². The van der Waals surface area contributed by atoms with Crippen LogP contribution in [-0.2, 0) is 6.42 Å². The molecule has 7 aromatic carbocycles. The van der Waals surface area contributed by atoms with Crippen LogP contribution in [0.2, 0.25) is 0 Å². The van der Waals surface area contributed by atoms with Crippen molar-refractivity contribution in [1.82, 2.24) is 0 Å². The summed E-state index contributed by atoms with van der Waals surface area (Å²) in [6, 6.07) is 55.9. The van der Waals surface area contributed by atoms with Crippen LogP contribution in [0.5, 0.6) is 0 Å². The second-order valence-corrected chi connectivity index (χ2v) is 12.3. The van der Waals surface area contributed by atoms with Crippen molar-refractivity contribution in [2.45, 2.75) is 13.3 Å². The van der Waals surface area contributed by atoms with Crippen molar-refractivity contribution in [3.63, 3.8) is 0 Å². The zero-order valence-electron chi connectivity index (χ0n) is 24.0. The molecule has 1 heteroatoms. The lowest BCUT2D eigenvalue weighted by Gasteiger charge is -2.09. The number of thiophene rings is 1. The summed E-state index contributed by atoms with van der Waals surface area (Å²) >= 11 is 1.89. The SMILES string of the molecule is CCc1ccc(-c2ccc(-c3ccc4ccc(-c5ccc(-c6cccc7c6sc6ccccc67)cc5)cc4c3)cc2)cc1. The first-order valence-electron chi connectivity index (χ1n) is 15.0. The summed E-state index contributed by atoms with van der Waals surface area (Å²) in [6.45, 7) is 2.20. The van der Waals surface area contributed by atoms with E-state index >= 15 is 0 Å². The lowest BCUT2D eigenvalue weighted by Crippen LogP contribution is -1.84. The van der Waals surface area contributed by atoms with E-state index in [-0.39, 0.29) is 0 Å². The monoisotopic (exact) mass is 566 g/mol. The lowest BCUT2D eigenvalue weighted by molar-refractivity contribution is 1.14. The Labute approximate surface area is 256 Å². The highest BCUT2D eigenvalue weighted by atomic mass is 32.1. The highest BCUT2D eigenvalue weighted by Crippen LogP contribution is 2.40. The maximum absolute atomic E-state index is 2.32. The average molecular weight is 567 g/mol. The smallest absolute Gasteiger partial charge is 0.0433 e. The Balaban J connectivity index is 1.09. The summed E-state index contributed by atoms with van der Waals surface area (Å²) in [7, 11) is 0. The second-order valence-electron chi connectivity index (χ2n) is 11.3. The quantitative estimate of drug-likeness (QED) is 0.194. The van der Waals surface area contributed by atoms with E-state index in [1.165, 1.54) is 81.0 Å². The van der Waals surface area contributed by atoms with Gasteiger partial charge in [-0.3, -0.25) is 0 Å². The van der Waals surface area contributed by atoms with Gasteiger partial charge in [0.1, 0.15) is 0 Å². The molecule has 1 heterocycles. The van der Waals surface area contributed by atoms with Crippen molar-refractivity contribution in [3.05, 3.63) is 157 Å². The number of aryl methyl sites for hydroxylation is 1. The highest BCUT2D eigenvalue weighted by molar-refractivity contribution is 7.26. The van der Waals surface area contributed by atoms with Gasteiger partial charge in [0, 0.05) is 20.2 Å². The van der Waals surface area contributed by atoms with E-state index in [1.54, 1.807) is 0 Å². The zero-order valence-corrected chi connectivity index (χ0v) is 24.9. The maximum Gasteiger partial charge on any atom is 0.0433 e. The van der Waals surface area contributed by atoms with E-state index in [0.29, 0.717) is 0 Å². The molecule has 0 amide bonds. The molecular weight excluding hydrogens is 537 g/mol. The molecule has 0 nitrogen and oxygen atoms in total. The second kappa shape index (κ2) is 10.7. The fourth-order valence-electron chi connectivity index (χ4n) is 6.21. The maximum atomic E-state index is 2.32. The van der Waals surface area contributed by atoms with Gasteiger partial charge in [-0.1, -0.05) is 140 Å². The van der Waals surface area contributed by atoms with Gasteiger partial charge in [0.25, 0.3) is 0 Å². The summed E-state index contributed by atoms with van der Waals surface area (Å²) in [4.78, 5) is 0. The minimum atomic E-state index is 1.07. The van der Waals surface area contributed by atoms with Crippen molar-refractivity contribution in [3.8, 4) is 44.5 Å². The van der Waals surface area contributed by atoms with Gasteiger partial charge in [-0.05, 0) is 85.5 Å². The number of rotatable bonds is 5. The Hall–Kier alpha value is -4.98. The standard InChI is InChI=1S/C42H30S/c1-2-28-10-12-29(13-11-28)30-14-16-31(17-15-30)35-24-20-33-21-25-36(27-37(33)26-35)32-18-22-34(23-19-32)38-7-5-8-40-39-6-3-4-9-41(39)43-42(38)40/h3-27H,2H2,1H3. The predicted molar refractivity (Wildman–Crippen MR) is 188 cm³/mol. The molecule has 0 aliphatic rings. The third kappa shape index (κ3) is 4.73. The Morgan fingerprint density at radius 3 is 1.56 bits per heavy atom. The molecule has 8 rings (SSSR count). The largest absolute Gasteiger partial charge is 0.135 e. The molecule has 0 aliphatic carbocycles. The number of hydrogen-bond acceptors (Lipinski definition) is 1. The van der Waals surface area contributed by atoms with Gasteiger partial charge in [-0.2, -0.15) is 0 Å². The molecule has 0 spiro atoms. The van der Waals surface area contributed by atoms with Crippen molar-refractivity contribution in [1.29, 1.82) is 0 Å². The van der Waals surface area contributed by atoms with Crippen molar-refractivity contribution >= 4 is 42.3 Å². The third-order valence-corrected chi connectivity index (χ3v) is 9.91. The third-order valence-electron chi connectivity index (χ3n) is 8.69. The highest BCUT2D eigenvalue weighted by Gasteiger charge is 2.11. The average Bonchev–Trinajstić information content (AvgIpc) is 3.47. The zero-order chi connectivity index (χ0) is 28.8. The van der Waals surface area contributed by atoms with Crippen LogP contribution in [0.4, 0.5) is 0 Å². The number of benzene rings is 7. The van der Waals surface area contributed by atoms with Crippen LogP contribution >= 0.6 is 11.3 Å². The molecule has 43 heavy (non-hydrogen) atoms. The van der Waals surface area contributed by atoms with Crippen molar-refractivity contribution in [2.24, 2.45) is 0 Å². The van der Waals surface area contributed by atoms with Crippen LogP contribution in [0.1, 0.15) is 12.5 Å². The Kier molecular flexibility index (Phi) is 6.39. The van der Waals surface area contributed by atoms with E-state index in [1.807, 2.05) is 11.3 Å². The van der Waals surface area contributed by atoms with E-state index in [0.717, 1.165) is 6.42 Å². The van der Waals surface area contributed by atoms with Crippen LogP contribution in [-0.4, -0.2) is 0 Å². The summed E-state index contributed by atoms with van der Waals surface area (Å²) in [5, 5.41) is 5.20. The van der Waals surface area contributed by atoms with Crippen LogP contribution in [0.3, 0.4) is 0 Å². The van der Waals surface area contributed by atoms with Crippen LogP contribution < -0.4 is 0 Å². The van der Waals surface area contributed by atoms with E-state index < -0.39 is 0 Å². The lowest BCUT2D eigenvalue weighted by atomic mass is 9.95. The molecule has 204 valence electrons. The first-order valence-corrected chi connectivity index (χ1v) is 15.8. The Morgan fingerprint density at radius 2 is 0.930 bits per heavy atom. The molecule has 0 radical (unpaired) electrons. The summed E-state index contributed by atoms with van der Waals surface area (Å²) in [5.41, 5.74) is 11.4. The van der Waals surface area contributed by atoms with Gasteiger partial charge in [-0.15, -0.1) is 11.3 Å². The first-order chi connectivity index (χ1) is 21.2. The molecule has 0 saturated carbocycles.